The maximum absolute atomic E-state index is 12.7. The maximum Gasteiger partial charge on any atom is 0.233 e. The smallest absolute Gasteiger partial charge is 0.233 e. The lowest BCUT2D eigenvalue weighted by atomic mass is 10.3. The van der Waals surface area contributed by atoms with Gasteiger partial charge in [-0.2, -0.15) is 0 Å². The van der Waals surface area contributed by atoms with E-state index in [0.29, 0.717) is 12.2 Å². The summed E-state index contributed by atoms with van der Waals surface area (Å²) in [4.78, 5) is 25.1. The van der Waals surface area contributed by atoms with E-state index in [1.54, 1.807) is 0 Å². The Labute approximate surface area is 118 Å². The molecule has 2 amide bonds. The fourth-order valence-corrected chi connectivity index (χ4v) is 1.57. The van der Waals surface area contributed by atoms with Crippen molar-refractivity contribution in [2.75, 3.05) is 32.5 Å². The highest BCUT2D eigenvalue weighted by Crippen LogP contribution is 2.08. The molecule has 0 atom stereocenters. The zero-order valence-electron chi connectivity index (χ0n) is 11.8. The Morgan fingerprint density at radius 3 is 2.40 bits per heavy atom. The van der Waals surface area contributed by atoms with Gasteiger partial charge < -0.3 is 15.5 Å². The Balaban J connectivity index is 2.24. The minimum absolute atomic E-state index is 0.237. The topological polar surface area (TPSA) is 61.4 Å². The van der Waals surface area contributed by atoms with Crippen LogP contribution in [0, 0.1) is 5.82 Å². The first kappa shape index (κ1) is 16.1. The minimum Gasteiger partial charge on any atom is -0.356 e. The van der Waals surface area contributed by atoms with E-state index in [9.17, 15) is 14.0 Å². The van der Waals surface area contributed by atoms with Gasteiger partial charge in [-0.05, 0) is 51.3 Å². The quantitative estimate of drug-likeness (QED) is 0.583. The molecule has 5 nitrogen and oxygen atoms in total. The number of nitrogens with zero attached hydrogens (tertiary/aromatic N) is 1. The summed E-state index contributed by atoms with van der Waals surface area (Å²) < 4.78 is 12.7. The summed E-state index contributed by atoms with van der Waals surface area (Å²) in [6.07, 6.45) is 0.595. The van der Waals surface area contributed by atoms with Crippen molar-refractivity contribution < 1.29 is 14.0 Å². The Morgan fingerprint density at radius 1 is 1.15 bits per heavy atom. The van der Waals surface area contributed by atoms with Crippen LogP contribution in [0.3, 0.4) is 0 Å². The fourth-order valence-electron chi connectivity index (χ4n) is 1.57. The van der Waals surface area contributed by atoms with Gasteiger partial charge in [0.15, 0.2) is 0 Å². The molecule has 0 aliphatic rings. The zero-order chi connectivity index (χ0) is 15.0. The number of hydrogen-bond acceptors (Lipinski definition) is 3. The Hall–Kier alpha value is -1.95. The van der Waals surface area contributed by atoms with Crippen molar-refractivity contribution in [2.45, 2.75) is 12.8 Å². The van der Waals surface area contributed by atoms with E-state index in [4.69, 9.17) is 0 Å². The van der Waals surface area contributed by atoms with Crippen LogP contribution in [0.4, 0.5) is 10.1 Å². The summed E-state index contributed by atoms with van der Waals surface area (Å²) in [6, 6.07) is 5.39. The molecule has 0 spiro atoms. The van der Waals surface area contributed by atoms with E-state index in [2.05, 4.69) is 10.6 Å². The molecule has 0 heterocycles. The highest BCUT2D eigenvalue weighted by atomic mass is 19.1. The van der Waals surface area contributed by atoms with Crippen LogP contribution >= 0.6 is 0 Å². The van der Waals surface area contributed by atoms with Crippen molar-refractivity contribution in [1.82, 2.24) is 10.2 Å². The average molecular weight is 281 g/mol. The van der Waals surface area contributed by atoms with Crippen LogP contribution < -0.4 is 10.6 Å². The van der Waals surface area contributed by atoms with Gasteiger partial charge in [-0.3, -0.25) is 9.59 Å². The Bertz CT molecular complexity index is 446. The first-order valence-electron chi connectivity index (χ1n) is 6.44. The van der Waals surface area contributed by atoms with Crippen LogP contribution in [0.5, 0.6) is 0 Å². The van der Waals surface area contributed by atoms with Crippen molar-refractivity contribution >= 4 is 17.5 Å². The van der Waals surface area contributed by atoms with Gasteiger partial charge in [0.1, 0.15) is 12.2 Å². The number of benzene rings is 1. The normalized spacial score (nSPS) is 10.4. The van der Waals surface area contributed by atoms with E-state index >= 15 is 0 Å². The van der Waals surface area contributed by atoms with Gasteiger partial charge >= 0.3 is 0 Å². The standard InChI is InChI=1S/C14H20FN3O2/c1-18(2)9-3-8-16-13(19)10-14(20)17-12-6-4-11(15)5-7-12/h4-7H,3,8-10H2,1-2H3,(H,16,19)(H,17,20). The molecule has 0 aliphatic carbocycles. The number of carbonyl (C=O) groups is 2. The molecule has 20 heavy (non-hydrogen) atoms. The molecular formula is C14H20FN3O2. The van der Waals surface area contributed by atoms with E-state index in [1.807, 2.05) is 19.0 Å². The lowest BCUT2D eigenvalue weighted by molar-refractivity contribution is -0.126. The van der Waals surface area contributed by atoms with Crippen LogP contribution in [0.1, 0.15) is 12.8 Å². The minimum atomic E-state index is -0.415. The first-order chi connectivity index (χ1) is 9.47. The molecule has 0 bridgehead atoms. The van der Waals surface area contributed by atoms with Crippen molar-refractivity contribution in [2.24, 2.45) is 0 Å². The van der Waals surface area contributed by atoms with Gasteiger partial charge in [0.25, 0.3) is 0 Å². The van der Waals surface area contributed by atoms with Gasteiger partial charge in [0, 0.05) is 12.2 Å². The van der Waals surface area contributed by atoms with Gasteiger partial charge in [-0.25, -0.2) is 4.39 Å². The summed E-state index contributed by atoms with van der Waals surface area (Å²) in [7, 11) is 3.91. The summed E-state index contributed by atoms with van der Waals surface area (Å²) in [6.45, 7) is 1.42. The van der Waals surface area contributed by atoms with Gasteiger partial charge in [-0.1, -0.05) is 0 Å². The Kier molecular flexibility index (Phi) is 6.66. The predicted octanol–water partition coefficient (Wildman–Crippen LogP) is 1.22. The number of nitrogens with one attached hydrogen (secondary N) is 2. The SMILES string of the molecule is CN(C)CCCNC(=O)CC(=O)Nc1ccc(F)cc1. The second-order valence-electron chi connectivity index (χ2n) is 4.74. The first-order valence-corrected chi connectivity index (χ1v) is 6.44. The largest absolute Gasteiger partial charge is 0.356 e. The lowest BCUT2D eigenvalue weighted by Gasteiger charge is -2.10. The molecule has 1 aromatic rings. The van der Waals surface area contributed by atoms with Gasteiger partial charge in [0.05, 0.1) is 0 Å². The van der Waals surface area contributed by atoms with Crippen molar-refractivity contribution in [3.63, 3.8) is 0 Å². The number of rotatable bonds is 7. The molecule has 1 aromatic carbocycles. The van der Waals surface area contributed by atoms with Gasteiger partial charge in [0.2, 0.25) is 11.8 Å². The van der Waals surface area contributed by atoms with Crippen LogP contribution in [0.2, 0.25) is 0 Å². The summed E-state index contributed by atoms with van der Waals surface area (Å²) in [5.41, 5.74) is 0.469. The van der Waals surface area contributed by atoms with E-state index < -0.39 is 5.91 Å². The molecule has 0 unspecified atom stereocenters. The maximum atomic E-state index is 12.7. The third-order valence-electron chi connectivity index (χ3n) is 2.55. The summed E-state index contributed by atoms with van der Waals surface area (Å²) in [5.74, 6) is -1.10. The third-order valence-corrected chi connectivity index (χ3v) is 2.55. The number of amides is 2. The predicted molar refractivity (Wildman–Crippen MR) is 75.8 cm³/mol. The van der Waals surface area contributed by atoms with Crippen molar-refractivity contribution in [3.05, 3.63) is 30.1 Å². The molecule has 1 rings (SSSR count). The van der Waals surface area contributed by atoms with Crippen molar-refractivity contribution in [3.8, 4) is 0 Å². The number of carbonyl (C=O) groups excluding carboxylic acids is 2. The molecule has 0 aliphatic heterocycles. The molecule has 2 N–H and O–H groups in total. The second-order valence-corrected chi connectivity index (χ2v) is 4.74. The molecular weight excluding hydrogens is 261 g/mol. The molecule has 0 aromatic heterocycles. The van der Waals surface area contributed by atoms with E-state index in [-0.39, 0.29) is 18.1 Å². The number of anilines is 1. The third kappa shape index (κ3) is 6.84. The summed E-state index contributed by atoms with van der Waals surface area (Å²) in [5, 5.41) is 5.21. The molecule has 0 fully saturated rings. The lowest BCUT2D eigenvalue weighted by Crippen LogP contribution is -2.30. The molecule has 0 saturated carbocycles. The molecule has 6 heteroatoms. The monoisotopic (exact) mass is 281 g/mol. The molecule has 0 saturated heterocycles. The second kappa shape index (κ2) is 8.27. The van der Waals surface area contributed by atoms with E-state index in [1.165, 1.54) is 24.3 Å². The molecule has 0 radical (unpaired) electrons. The van der Waals surface area contributed by atoms with Gasteiger partial charge in [-0.15, -0.1) is 0 Å². The fraction of sp³-hybridized carbons (Fsp3) is 0.429. The molecule has 110 valence electrons. The van der Waals surface area contributed by atoms with Crippen LogP contribution in [-0.4, -0.2) is 43.9 Å². The van der Waals surface area contributed by atoms with Crippen LogP contribution in [0.25, 0.3) is 0 Å². The van der Waals surface area contributed by atoms with Crippen LogP contribution in [0.15, 0.2) is 24.3 Å². The van der Waals surface area contributed by atoms with E-state index in [0.717, 1.165) is 13.0 Å². The Morgan fingerprint density at radius 2 is 1.80 bits per heavy atom. The average Bonchev–Trinajstić information content (AvgIpc) is 2.37. The highest BCUT2D eigenvalue weighted by molar-refractivity contribution is 6.03. The number of halogens is 1. The summed E-state index contributed by atoms with van der Waals surface area (Å²) >= 11 is 0. The van der Waals surface area contributed by atoms with Crippen LogP contribution in [-0.2, 0) is 9.59 Å². The highest BCUT2D eigenvalue weighted by Gasteiger charge is 2.09. The van der Waals surface area contributed by atoms with Crippen molar-refractivity contribution in [1.29, 1.82) is 0 Å². The zero-order valence-corrected chi connectivity index (χ0v) is 11.8. The number of hydrogen-bond donors (Lipinski definition) is 2.